The third-order valence-electron chi connectivity index (χ3n) is 3.21. The Balaban J connectivity index is 1.92. The zero-order valence-electron chi connectivity index (χ0n) is 11.7. The SMILES string of the molecule is NC[C@@H](CNc1ccc(N2CCOCC2=O)cc1)OC=O. The number of anilines is 2. The summed E-state index contributed by atoms with van der Waals surface area (Å²) in [7, 11) is 0. The van der Waals surface area contributed by atoms with Crippen molar-refractivity contribution in [1.29, 1.82) is 0 Å². The van der Waals surface area contributed by atoms with Gasteiger partial charge in [-0.2, -0.15) is 0 Å². The van der Waals surface area contributed by atoms with E-state index in [0.29, 0.717) is 26.2 Å². The summed E-state index contributed by atoms with van der Waals surface area (Å²) in [5, 5.41) is 3.13. The highest BCUT2D eigenvalue weighted by Crippen LogP contribution is 2.19. The van der Waals surface area contributed by atoms with Crippen LogP contribution in [-0.2, 0) is 19.1 Å². The first-order valence-electron chi connectivity index (χ1n) is 6.76. The first-order valence-corrected chi connectivity index (χ1v) is 6.76. The Morgan fingerprint density at radius 1 is 1.43 bits per heavy atom. The number of ether oxygens (including phenoxy) is 2. The first kappa shape index (κ1) is 15.3. The third-order valence-corrected chi connectivity index (χ3v) is 3.21. The average molecular weight is 293 g/mol. The minimum atomic E-state index is -0.358. The quantitative estimate of drug-likeness (QED) is 0.685. The third kappa shape index (κ3) is 4.17. The van der Waals surface area contributed by atoms with E-state index in [1.807, 2.05) is 24.3 Å². The molecule has 2 rings (SSSR count). The van der Waals surface area contributed by atoms with Crippen LogP contribution in [0.2, 0.25) is 0 Å². The first-order chi connectivity index (χ1) is 10.2. The van der Waals surface area contributed by atoms with Crippen LogP contribution < -0.4 is 16.0 Å². The number of amides is 1. The second-order valence-electron chi connectivity index (χ2n) is 4.62. The summed E-state index contributed by atoms with van der Waals surface area (Å²) < 4.78 is 9.91. The van der Waals surface area contributed by atoms with Crippen LogP contribution in [0.4, 0.5) is 11.4 Å². The van der Waals surface area contributed by atoms with Gasteiger partial charge in [0.1, 0.15) is 12.7 Å². The Kier molecular flexibility index (Phi) is 5.53. The van der Waals surface area contributed by atoms with Gasteiger partial charge in [0, 0.05) is 24.5 Å². The predicted molar refractivity (Wildman–Crippen MR) is 78.1 cm³/mol. The normalized spacial score (nSPS) is 16.4. The molecule has 7 nitrogen and oxygen atoms in total. The molecule has 1 amide bonds. The smallest absolute Gasteiger partial charge is 0.293 e. The molecule has 1 aromatic rings. The molecule has 114 valence electrons. The zero-order chi connectivity index (χ0) is 15.1. The Hall–Kier alpha value is -2.12. The maximum atomic E-state index is 11.7. The molecule has 0 bridgehead atoms. The molecule has 0 spiro atoms. The summed E-state index contributed by atoms with van der Waals surface area (Å²) in [4.78, 5) is 23.7. The van der Waals surface area contributed by atoms with E-state index in [0.717, 1.165) is 11.4 Å². The molecule has 1 aromatic carbocycles. The largest absolute Gasteiger partial charge is 0.461 e. The number of nitrogens with two attached hydrogens (primary N) is 1. The molecule has 1 fully saturated rings. The van der Waals surface area contributed by atoms with Gasteiger partial charge in [-0.1, -0.05) is 0 Å². The summed E-state index contributed by atoms with van der Waals surface area (Å²) in [6, 6.07) is 7.46. The van der Waals surface area contributed by atoms with Crippen molar-refractivity contribution in [3.8, 4) is 0 Å². The molecule has 1 aliphatic heterocycles. The Morgan fingerprint density at radius 2 is 2.19 bits per heavy atom. The maximum absolute atomic E-state index is 11.7. The van der Waals surface area contributed by atoms with Gasteiger partial charge >= 0.3 is 0 Å². The van der Waals surface area contributed by atoms with Gasteiger partial charge in [-0.25, -0.2) is 0 Å². The molecule has 3 N–H and O–H groups in total. The molecule has 0 aromatic heterocycles. The number of nitrogens with zero attached hydrogens (tertiary/aromatic N) is 1. The van der Waals surface area contributed by atoms with Crippen LogP contribution in [0.1, 0.15) is 0 Å². The summed E-state index contributed by atoms with van der Waals surface area (Å²) >= 11 is 0. The van der Waals surface area contributed by atoms with Crippen LogP contribution in [0.15, 0.2) is 24.3 Å². The molecule has 1 saturated heterocycles. The van der Waals surface area contributed by atoms with Gasteiger partial charge in [-0.15, -0.1) is 0 Å². The fourth-order valence-corrected chi connectivity index (χ4v) is 2.05. The number of morpholine rings is 1. The van der Waals surface area contributed by atoms with Crippen molar-refractivity contribution in [3.05, 3.63) is 24.3 Å². The number of carbonyl (C=O) groups is 2. The van der Waals surface area contributed by atoms with Gasteiger partial charge in [-0.05, 0) is 24.3 Å². The summed E-state index contributed by atoms with van der Waals surface area (Å²) in [5.74, 6) is -0.0375. The number of nitrogens with one attached hydrogen (secondary N) is 1. The number of hydrogen-bond donors (Lipinski definition) is 2. The van der Waals surface area contributed by atoms with E-state index in [1.54, 1.807) is 4.90 Å². The van der Waals surface area contributed by atoms with Crippen LogP contribution in [0.3, 0.4) is 0 Å². The average Bonchev–Trinajstić information content (AvgIpc) is 2.52. The van der Waals surface area contributed by atoms with Gasteiger partial charge in [0.15, 0.2) is 0 Å². The maximum Gasteiger partial charge on any atom is 0.293 e. The van der Waals surface area contributed by atoms with Crippen molar-refractivity contribution in [2.75, 3.05) is 43.1 Å². The Bertz CT molecular complexity index is 478. The van der Waals surface area contributed by atoms with E-state index >= 15 is 0 Å². The summed E-state index contributed by atoms with van der Waals surface area (Å²) in [6.45, 7) is 2.33. The van der Waals surface area contributed by atoms with Crippen molar-refractivity contribution < 1.29 is 19.1 Å². The second-order valence-corrected chi connectivity index (χ2v) is 4.62. The Labute approximate surface area is 123 Å². The van der Waals surface area contributed by atoms with Crippen molar-refractivity contribution in [2.24, 2.45) is 5.73 Å². The summed E-state index contributed by atoms with van der Waals surface area (Å²) in [6.07, 6.45) is -0.358. The zero-order valence-corrected chi connectivity index (χ0v) is 11.7. The highest BCUT2D eigenvalue weighted by molar-refractivity contribution is 5.94. The van der Waals surface area contributed by atoms with Crippen molar-refractivity contribution in [1.82, 2.24) is 0 Å². The van der Waals surface area contributed by atoms with E-state index in [9.17, 15) is 9.59 Å². The predicted octanol–water partition coefficient (Wildman–Crippen LogP) is -0.0380. The monoisotopic (exact) mass is 293 g/mol. The molecule has 7 heteroatoms. The molecule has 0 radical (unpaired) electrons. The molecule has 0 aliphatic carbocycles. The lowest BCUT2D eigenvalue weighted by atomic mass is 10.2. The van der Waals surface area contributed by atoms with Gasteiger partial charge in [0.2, 0.25) is 0 Å². The molecule has 1 atom stereocenters. The van der Waals surface area contributed by atoms with Gasteiger partial charge in [0.25, 0.3) is 12.4 Å². The van der Waals surface area contributed by atoms with Gasteiger partial charge < -0.3 is 25.4 Å². The molecule has 21 heavy (non-hydrogen) atoms. The topological polar surface area (TPSA) is 93.9 Å². The van der Waals surface area contributed by atoms with E-state index in [4.69, 9.17) is 15.2 Å². The van der Waals surface area contributed by atoms with Crippen LogP contribution in [0, 0.1) is 0 Å². The minimum Gasteiger partial charge on any atom is -0.461 e. The van der Waals surface area contributed by atoms with Crippen molar-refractivity contribution in [2.45, 2.75) is 6.10 Å². The standard InChI is InChI=1S/C14H19N3O4/c15-7-13(21-10-18)8-16-11-1-3-12(4-2-11)17-5-6-20-9-14(17)19/h1-4,10,13,16H,5-9,15H2/t13-/m0/s1. The number of carbonyl (C=O) groups excluding carboxylic acids is 2. The molecule has 1 heterocycles. The second kappa shape index (κ2) is 7.61. The van der Waals surface area contributed by atoms with E-state index < -0.39 is 0 Å². The van der Waals surface area contributed by atoms with Crippen molar-refractivity contribution in [3.63, 3.8) is 0 Å². The molecule has 0 unspecified atom stereocenters. The summed E-state index contributed by atoms with van der Waals surface area (Å²) in [5.41, 5.74) is 7.19. The minimum absolute atomic E-state index is 0.0375. The Morgan fingerprint density at radius 3 is 2.81 bits per heavy atom. The lowest BCUT2D eigenvalue weighted by Crippen LogP contribution is -2.41. The van der Waals surface area contributed by atoms with Crippen LogP contribution in [-0.4, -0.2) is 51.3 Å². The molecule has 0 saturated carbocycles. The fourth-order valence-electron chi connectivity index (χ4n) is 2.05. The van der Waals surface area contributed by atoms with Crippen molar-refractivity contribution >= 4 is 23.8 Å². The molecular formula is C14H19N3O4. The molecular weight excluding hydrogens is 274 g/mol. The fraction of sp³-hybridized carbons (Fsp3) is 0.429. The highest BCUT2D eigenvalue weighted by Gasteiger charge is 2.19. The van der Waals surface area contributed by atoms with Crippen LogP contribution in [0.25, 0.3) is 0 Å². The van der Waals surface area contributed by atoms with Crippen LogP contribution >= 0.6 is 0 Å². The van der Waals surface area contributed by atoms with Gasteiger partial charge in [0.05, 0.1) is 13.2 Å². The molecule has 1 aliphatic rings. The lowest BCUT2D eigenvalue weighted by Gasteiger charge is -2.27. The highest BCUT2D eigenvalue weighted by atomic mass is 16.5. The number of rotatable bonds is 7. The van der Waals surface area contributed by atoms with E-state index in [-0.39, 0.29) is 25.2 Å². The number of hydrogen-bond acceptors (Lipinski definition) is 6. The van der Waals surface area contributed by atoms with Gasteiger partial charge in [-0.3, -0.25) is 9.59 Å². The lowest BCUT2D eigenvalue weighted by molar-refractivity contribution is -0.132. The van der Waals surface area contributed by atoms with E-state index in [2.05, 4.69) is 5.32 Å². The number of benzene rings is 1. The van der Waals surface area contributed by atoms with E-state index in [1.165, 1.54) is 0 Å². The van der Waals surface area contributed by atoms with Crippen LogP contribution in [0.5, 0.6) is 0 Å².